The molecule has 1 atom stereocenters. The van der Waals surface area contributed by atoms with Gasteiger partial charge in [-0.25, -0.2) is 9.59 Å². The molecule has 0 amide bonds. The molecule has 0 aromatic rings. The second-order valence-electron chi connectivity index (χ2n) is 2.68. The van der Waals surface area contributed by atoms with Crippen LogP contribution >= 0.6 is 0 Å². The van der Waals surface area contributed by atoms with Crippen molar-refractivity contribution in [3.05, 3.63) is 25.3 Å². The van der Waals surface area contributed by atoms with Gasteiger partial charge in [-0.1, -0.05) is 6.08 Å². The lowest BCUT2D eigenvalue weighted by Crippen LogP contribution is -2.26. The van der Waals surface area contributed by atoms with Crippen LogP contribution in [0, 0.1) is 0 Å². The van der Waals surface area contributed by atoms with E-state index in [1.807, 2.05) is 0 Å². The van der Waals surface area contributed by atoms with E-state index in [1.54, 1.807) is 6.08 Å². The summed E-state index contributed by atoms with van der Waals surface area (Å²) < 4.78 is 9.00. The number of aliphatic imine (C=N–C) groups is 1. The third-order valence-corrected chi connectivity index (χ3v) is 1.80. The minimum atomic E-state index is -0.626. The number of hydrogen-bond acceptors (Lipinski definition) is 5. The molecule has 88 valence electrons. The molecule has 0 radical (unpaired) electrons. The normalized spacial score (nSPS) is 17.6. The molecule has 0 aromatic heterocycles. The summed E-state index contributed by atoms with van der Waals surface area (Å²) in [6.45, 7) is 6.00. The SMILES string of the molecule is C=C.COC(=O)C1=NC(C(=O)OC)CC=C1. The van der Waals surface area contributed by atoms with Crippen molar-refractivity contribution in [1.29, 1.82) is 0 Å². The maximum absolute atomic E-state index is 11.1. The van der Waals surface area contributed by atoms with E-state index >= 15 is 0 Å². The third-order valence-electron chi connectivity index (χ3n) is 1.80. The van der Waals surface area contributed by atoms with E-state index in [0.29, 0.717) is 6.42 Å². The molecule has 0 aromatic carbocycles. The highest BCUT2D eigenvalue weighted by Gasteiger charge is 2.22. The molecule has 16 heavy (non-hydrogen) atoms. The predicted octanol–water partition coefficient (Wildman–Crippen LogP) is 0.904. The predicted molar refractivity (Wildman–Crippen MR) is 60.3 cm³/mol. The first-order chi connectivity index (χ1) is 7.69. The van der Waals surface area contributed by atoms with E-state index in [9.17, 15) is 9.59 Å². The van der Waals surface area contributed by atoms with E-state index in [-0.39, 0.29) is 5.71 Å². The fourth-order valence-corrected chi connectivity index (χ4v) is 1.08. The Kier molecular flexibility index (Phi) is 6.51. The van der Waals surface area contributed by atoms with Crippen molar-refractivity contribution in [1.82, 2.24) is 0 Å². The van der Waals surface area contributed by atoms with Crippen molar-refractivity contribution in [3.8, 4) is 0 Å². The standard InChI is InChI=1S/C9H11NO4.C2H4/c1-13-8(11)6-4-3-5-7(10-6)9(12)14-2;1-2/h3-4,7H,5H2,1-2H3;1-2H2. The van der Waals surface area contributed by atoms with Crippen LogP contribution in [-0.2, 0) is 19.1 Å². The van der Waals surface area contributed by atoms with E-state index in [2.05, 4.69) is 27.6 Å². The average Bonchev–Trinajstić information content (AvgIpc) is 2.39. The van der Waals surface area contributed by atoms with Crippen LogP contribution in [0.5, 0.6) is 0 Å². The second-order valence-corrected chi connectivity index (χ2v) is 2.68. The van der Waals surface area contributed by atoms with Crippen molar-refractivity contribution in [2.75, 3.05) is 14.2 Å². The first-order valence-electron chi connectivity index (χ1n) is 4.59. The van der Waals surface area contributed by atoms with Crippen LogP contribution in [0.15, 0.2) is 30.3 Å². The molecule has 0 bridgehead atoms. The topological polar surface area (TPSA) is 65.0 Å². The van der Waals surface area contributed by atoms with Gasteiger partial charge in [0.25, 0.3) is 0 Å². The van der Waals surface area contributed by atoms with E-state index in [0.717, 1.165) is 0 Å². The van der Waals surface area contributed by atoms with Gasteiger partial charge in [-0.15, -0.1) is 13.2 Å². The van der Waals surface area contributed by atoms with Crippen LogP contribution in [0.25, 0.3) is 0 Å². The Hall–Kier alpha value is -1.91. The van der Waals surface area contributed by atoms with Crippen LogP contribution in [0.4, 0.5) is 0 Å². The molecule has 1 rings (SSSR count). The Bertz CT molecular complexity index is 320. The summed E-state index contributed by atoms with van der Waals surface area (Å²) >= 11 is 0. The first kappa shape index (κ1) is 14.1. The number of carbonyl (C=O) groups excluding carboxylic acids is 2. The molecular weight excluding hydrogens is 210 g/mol. The molecule has 1 aliphatic heterocycles. The molecule has 5 nitrogen and oxygen atoms in total. The first-order valence-corrected chi connectivity index (χ1v) is 4.59. The van der Waals surface area contributed by atoms with Gasteiger partial charge in [0.2, 0.25) is 0 Å². The fraction of sp³-hybridized carbons (Fsp3) is 0.364. The van der Waals surface area contributed by atoms with Crippen LogP contribution < -0.4 is 0 Å². The minimum Gasteiger partial charge on any atom is -0.467 e. The zero-order valence-corrected chi connectivity index (χ0v) is 9.43. The van der Waals surface area contributed by atoms with Crippen LogP contribution in [0.2, 0.25) is 0 Å². The quantitative estimate of drug-likeness (QED) is 0.517. The van der Waals surface area contributed by atoms with Gasteiger partial charge in [-0.3, -0.25) is 4.99 Å². The molecule has 0 saturated heterocycles. The largest absolute Gasteiger partial charge is 0.467 e. The number of rotatable bonds is 2. The maximum Gasteiger partial charge on any atom is 0.356 e. The molecule has 0 spiro atoms. The number of ether oxygens (including phenoxy) is 2. The highest BCUT2D eigenvalue weighted by atomic mass is 16.5. The Morgan fingerprint density at radius 2 is 2.00 bits per heavy atom. The lowest BCUT2D eigenvalue weighted by atomic mass is 10.1. The van der Waals surface area contributed by atoms with Crippen molar-refractivity contribution < 1.29 is 19.1 Å². The maximum atomic E-state index is 11.1. The number of esters is 2. The zero-order valence-electron chi connectivity index (χ0n) is 9.43. The van der Waals surface area contributed by atoms with E-state index in [1.165, 1.54) is 20.3 Å². The molecule has 1 unspecified atom stereocenters. The number of methoxy groups -OCH3 is 2. The highest BCUT2D eigenvalue weighted by Crippen LogP contribution is 2.09. The average molecular weight is 225 g/mol. The summed E-state index contributed by atoms with van der Waals surface area (Å²) in [5.41, 5.74) is 0.147. The molecule has 5 heteroatoms. The molecule has 1 aliphatic rings. The number of carbonyl (C=O) groups is 2. The highest BCUT2D eigenvalue weighted by molar-refractivity contribution is 6.41. The summed E-state index contributed by atoms with van der Waals surface area (Å²) in [5.74, 6) is -0.995. The van der Waals surface area contributed by atoms with Crippen molar-refractivity contribution >= 4 is 17.7 Å². The van der Waals surface area contributed by atoms with Crippen molar-refractivity contribution in [2.24, 2.45) is 4.99 Å². The minimum absolute atomic E-state index is 0.147. The zero-order chi connectivity index (χ0) is 12.6. The Morgan fingerprint density at radius 3 is 2.50 bits per heavy atom. The Morgan fingerprint density at radius 1 is 1.38 bits per heavy atom. The van der Waals surface area contributed by atoms with Gasteiger partial charge in [0, 0.05) is 0 Å². The van der Waals surface area contributed by atoms with Crippen molar-refractivity contribution in [3.63, 3.8) is 0 Å². The third kappa shape index (κ3) is 3.68. The second kappa shape index (κ2) is 7.39. The smallest absolute Gasteiger partial charge is 0.356 e. The Balaban J connectivity index is 0.00000106. The molecule has 0 N–H and O–H groups in total. The van der Waals surface area contributed by atoms with Gasteiger partial charge in [-0.2, -0.15) is 0 Å². The summed E-state index contributed by atoms with van der Waals surface area (Å²) in [7, 11) is 2.55. The molecular formula is C11H15NO4. The van der Waals surface area contributed by atoms with Gasteiger partial charge in [-0.05, 0) is 12.5 Å². The van der Waals surface area contributed by atoms with E-state index < -0.39 is 18.0 Å². The molecule has 0 saturated carbocycles. The van der Waals surface area contributed by atoms with Crippen LogP contribution in [0.1, 0.15) is 6.42 Å². The number of hydrogen-bond donors (Lipinski definition) is 0. The van der Waals surface area contributed by atoms with Crippen molar-refractivity contribution in [2.45, 2.75) is 12.5 Å². The van der Waals surface area contributed by atoms with Crippen LogP contribution in [0.3, 0.4) is 0 Å². The fourth-order valence-electron chi connectivity index (χ4n) is 1.08. The lowest BCUT2D eigenvalue weighted by molar-refractivity contribution is -0.141. The van der Waals surface area contributed by atoms with Gasteiger partial charge in [0.1, 0.15) is 5.71 Å². The monoisotopic (exact) mass is 225 g/mol. The van der Waals surface area contributed by atoms with Gasteiger partial charge >= 0.3 is 11.9 Å². The Labute approximate surface area is 94.5 Å². The van der Waals surface area contributed by atoms with Crippen LogP contribution in [-0.4, -0.2) is 37.9 Å². The molecule has 1 heterocycles. The summed E-state index contributed by atoms with van der Waals surface area (Å²) in [5, 5.41) is 0. The molecule has 0 aliphatic carbocycles. The van der Waals surface area contributed by atoms with Gasteiger partial charge < -0.3 is 9.47 Å². The van der Waals surface area contributed by atoms with Gasteiger partial charge in [0.05, 0.1) is 14.2 Å². The van der Waals surface area contributed by atoms with Gasteiger partial charge in [0.15, 0.2) is 6.04 Å². The summed E-state index contributed by atoms with van der Waals surface area (Å²) in [4.78, 5) is 26.1. The summed E-state index contributed by atoms with van der Waals surface area (Å²) in [6, 6.07) is -0.626. The number of nitrogens with zero attached hydrogens (tertiary/aromatic N) is 1. The van der Waals surface area contributed by atoms with E-state index in [4.69, 9.17) is 0 Å². The summed E-state index contributed by atoms with van der Waals surface area (Å²) in [6.07, 6.45) is 3.68. The number of dihydropyridines is 1. The molecule has 0 fully saturated rings. The lowest BCUT2D eigenvalue weighted by Gasteiger charge is -2.12.